The van der Waals surface area contributed by atoms with Crippen molar-refractivity contribution in [3.05, 3.63) is 198 Å². The van der Waals surface area contributed by atoms with Crippen molar-refractivity contribution in [1.29, 1.82) is 5.41 Å². The zero-order valence-electron chi connectivity index (χ0n) is 25.6. The number of benzene rings is 6. The van der Waals surface area contributed by atoms with E-state index in [0.717, 1.165) is 38.3 Å². The Kier molecular flexibility index (Phi) is 11.7. The topological polar surface area (TPSA) is 59.4 Å². The zero-order chi connectivity index (χ0) is 31.6. The molecule has 0 aliphatic carbocycles. The maximum Gasteiger partial charge on any atom is 0.181 e. The Bertz CT molecular complexity index is 1730. The van der Waals surface area contributed by atoms with E-state index in [1.165, 1.54) is 11.8 Å². The molecule has 0 amide bonds. The van der Waals surface area contributed by atoms with Crippen molar-refractivity contribution >= 4 is 63.9 Å². The molecule has 0 bridgehead atoms. The second-order valence-corrected chi connectivity index (χ2v) is 14.8. The number of amidine groups is 1. The van der Waals surface area contributed by atoms with E-state index in [9.17, 15) is 10.5 Å². The third-order valence-corrected chi connectivity index (χ3v) is 12.8. The summed E-state index contributed by atoms with van der Waals surface area (Å²) in [5.74, 6) is 0. The van der Waals surface area contributed by atoms with Crippen LogP contribution >= 0.6 is 31.4 Å². The fourth-order valence-corrected chi connectivity index (χ4v) is 10.9. The molecule has 4 nitrogen and oxygen atoms in total. The minimum absolute atomic E-state index is 0. The SMILES string of the molecule is Cl.N=C(SC=C(NC(O)c1ccccc1)[P+](c1ccccc1)(c1ccccc1)c1ccccc1)N(c1ccccc1)c1ccccc1. The molecule has 1 unspecified atom stereocenters. The van der Waals surface area contributed by atoms with Gasteiger partial charge in [0.1, 0.15) is 15.9 Å². The number of rotatable bonds is 10. The van der Waals surface area contributed by atoms with Crippen LogP contribution in [-0.4, -0.2) is 10.3 Å². The van der Waals surface area contributed by atoms with E-state index in [4.69, 9.17) is 0 Å². The highest BCUT2D eigenvalue weighted by molar-refractivity contribution is 8.17. The highest BCUT2D eigenvalue weighted by Crippen LogP contribution is 2.62. The van der Waals surface area contributed by atoms with Crippen LogP contribution in [0.2, 0.25) is 0 Å². The maximum absolute atomic E-state index is 11.7. The Morgan fingerprint density at radius 3 is 1.30 bits per heavy atom. The Labute approximate surface area is 288 Å². The molecular formula is C40H36ClN3OPS+. The highest BCUT2D eigenvalue weighted by atomic mass is 35.5. The molecule has 6 rings (SSSR count). The van der Waals surface area contributed by atoms with Crippen molar-refractivity contribution in [3.8, 4) is 0 Å². The monoisotopic (exact) mass is 672 g/mol. The van der Waals surface area contributed by atoms with Gasteiger partial charge in [0.25, 0.3) is 0 Å². The number of thioether (sulfide) groups is 1. The molecule has 0 saturated heterocycles. The van der Waals surface area contributed by atoms with Crippen LogP contribution in [0.4, 0.5) is 11.4 Å². The largest absolute Gasteiger partial charge is 0.369 e. The zero-order valence-corrected chi connectivity index (χ0v) is 28.2. The number of hydrogen-bond acceptors (Lipinski definition) is 4. The molecule has 6 aromatic rings. The predicted molar refractivity (Wildman–Crippen MR) is 205 cm³/mol. The number of halogens is 1. The molecule has 1 atom stereocenters. The number of hydrogen-bond donors (Lipinski definition) is 3. The second-order valence-electron chi connectivity index (χ2n) is 10.6. The lowest BCUT2D eigenvalue weighted by molar-refractivity contribution is 0.154. The molecule has 6 aromatic carbocycles. The van der Waals surface area contributed by atoms with Crippen LogP contribution in [0.5, 0.6) is 0 Å². The van der Waals surface area contributed by atoms with Crippen molar-refractivity contribution in [1.82, 2.24) is 5.32 Å². The first-order chi connectivity index (χ1) is 22.7. The first-order valence-corrected chi connectivity index (χ1v) is 17.8. The summed E-state index contributed by atoms with van der Waals surface area (Å²) >= 11 is 1.33. The van der Waals surface area contributed by atoms with Crippen molar-refractivity contribution in [2.75, 3.05) is 4.90 Å². The van der Waals surface area contributed by atoms with E-state index >= 15 is 0 Å². The number of aliphatic hydroxyl groups is 1. The minimum atomic E-state index is -2.61. The van der Waals surface area contributed by atoms with Crippen LogP contribution in [-0.2, 0) is 0 Å². The van der Waals surface area contributed by atoms with E-state index in [1.54, 1.807) is 0 Å². The molecule has 0 spiro atoms. The van der Waals surface area contributed by atoms with Crippen molar-refractivity contribution in [2.24, 2.45) is 0 Å². The molecular weight excluding hydrogens is 637 g/mol. The molecule has 0 saturated carbocycles. The highest BCUT2D eigenvalue weighted by Gasteiger charge is 2.50. The van der Waals surface area contributed by atoms with Gasteiger partial charge in [0.05, 0.1) is 0 Å². The average Bonchev–Trinajstić information content (AvgIpc) is 3.13. The van der Waals surface area contributed by atoms with Gasteiger partial charge >= 0.3 is 0 Å². The van der Waals surface area contributed by atoms with Crippen molar-refractivity contribution < 1.29 is 5.11 Å². The molecule has 3 N–H and O–H groups in total. The van der Waals surface area contributed by atoms with Gasteiger partial charge in [-0.1, -0.05) is 133 Å². The molecule has 0 heterocycles. The third kappa shape index (κ3) is 7.51. The second kappa shape index (κ2) is 16.3. The summed E-state index contributed by atoms with van der Waals surface area (Å²) in [5, 5.41) is 30.5. The Balaban J connectivity index is 0.00000433. The molecule has 0 aliphatic heterocycles. The summed E-state index contributed by atoms with van der Waals surface area (Å²) in [7, 11) is -2.61. The number of nitrogens with one attached hydrogen (secondary N) is 2. The van der Waals surface area contributed by atoms with Gasteiger partial charge in [0.15, 0.2) is 24.1 Å². The lowest BCUT2D eigenvalue weighted by Gasteiger charge is -2.31. The van der Waals surface area contributed by atoms with Crippen LogP contribution in [0.15, 0.2) is 193 Å². The molecule has 0 radical (unpaired) electrons. The van der Waals surface area contributed by atoms with E-state index in [0.29, 0.717) is 5.17 Å². The van der Waals surface area contributed by atoms with E-state index in [-0.39, 0.29) is 12.4 Å². The number of para-hydroxylation sites is 2. The third-order valence-electron chi connectivity index (χ3n) is 7.71. The quantitative estimate of drug-likeness (QED) is 0.0589. The first kappa shape index (κ1) is 33.7. The molecule has 47 heavy (non-hydrogen) atoms. The normalized spacial score (nSPS) is 12.0. The number of aliphatic hydroxyl groups excluding tert-OH is 1. The predicted octanol–water partition coefficient (Wildman–Crippen LogP) is 8.99. The summed E-state index contributed by atoms with van der Waals surface area (Å²) in [6.45, 7) is 0. The standard InChI is InChI=1S/C40H35N3OPS.ClH/c41-40(43(33-21-9-2-10-22-33)34-23-11-3-12-24-34)46-31-38(42-39(44)32-19-7-1-8-20-32)45(35-25-13-4-14-26-35,36-27-15-5-16-28-36)37-29-17-6-18-30-37;/h1-31,39,41-42,44H;1H/q+1;. The summed E-state index contributed by atoms with van der Waals surface area (Å²) < 4.78 is 0. The van der Waals surface area contributed by atoms with Gasteiger partial charge in [-0.3, -0.25) is 10.3 Å². The average molecular weight is 673 g/mol. The van der Waals surface area contributed by atoms with Gasteiger partial charge in [0.2, 0.25) is 0 Å². The van der Waals surface area contributed by atoms with Crippen molar-refractivity contribution in [2.45, 2.75) is 6.23 Å². The van der Waals surface area contributed by atoms with Crippen LogP contribution < -0.4 is 26.1 Å². The number of nitrogens with zero attached hydrogens (tertiary/aromatic N) is 1. The Morgan fingerprint density at radius 1 is 0.574 bits per heavy atom. The molecule has 234 valence electrons. The summed E-state index contributed by atoms with van der Waals surface area (Å²) in [5.41, 5.74) is 3.40. The summed E-state index contributed by atoms with van der Waals surface area (Å²) in [6.07, 6.45) is -0.975. The van der Waals surface area contributed by atoms with Gasteiger partial charge in [0, 0.05) is 22.3 Å². The van der Waals surface area contributed by atoms with E-state index in [2.05, 4.69) is 78.1 Å². The molecule has 0 fully saturated rings. The number of anilines is 2. The molecule has 0 aromatic heterocycles. The van der Waals surface area contributed by atoms with Crippen LogP contribution in [0, 0.1) is 5.41 Å². The smallest absolute Gasteiger partial charge is 0.181 e. The van der Waals surface area contributed by atoms with E-state index in [1.807, 2.05) is 120 Å². The lowest BCUT2D eigenvalue weighted by Crippen LogP contribution is -2.37. The van der Waals surface area contributed by atoms with Crippen LogP contribution in [0.3, 0.4) is 0 Å². The van der Waals surface area contributed by atoms with Gasteiger partial charge in [-0.25, -0.2) is 0 Å². The van der Waals surface area contributed by atoms with Gasteiger partial charge in [-0.05, 0) is 60.7 Å². The lowest BCUT2D eigenvalue weighted by atomic mass is 10.2. The first-order valence-electron chi connectivity index (χ1n) is 15.1. The van der Waals surface area contributed by atoms with Gasteiger partial charge in [-0.2, -0.15) is 0 Å². The fourth-order valence-electron chi connectivity index (χ4n) is 5.59. The molecule has 7 heteroatoms. The van der Waals surface area contributed by atoms with Gasteiger partial charge < -0.3 is 10.4 Å². The Morgan fingerprint density at radius 2 is 0.915 bits per heavy atom. The summed E-state index contributed by atoms with van der Waals surface area (Å²) in [6, 6.07) is 61.2. The Hall–Kier alpha value is -4.64. The van der Waals surface area contributed by atoms with Crippen molar-refractivity contribution in [3.63, 3.8) is 0 Å². The van der Waals surface area contributed by atoms with E-state index < -0.39 is 13.5 Å². The summed E-state index contributed by atoms with van der Waals surface area (Å²) in [4.78, 5) is 1.94. The fraction of sp³-hybridized carbons (Fsp3) is 0.0250. The van der Waals surface area contributed by atoms with Crippen LogP contribution in [0.1, 0.15) is 11.8 Å². The molecule has 0 aliphatic rings. The maximum atomic E-state index is 11.7. The minimum Gasteiger partial charge on any atom is -0.369 e. The van der Waals surface area contributed by atoms with Gasteiger partial charge in [-0.15, -0.1) is 12.4 Å². The van der Waals surface area contributed by atoms with Crippen LogP contribution in [0.25, 0.3) is 0 Å².